The van der Waals surface area contributed by atoms with Crippen molar-refractivity contribution in [3.05, 3.63) is 58.1 Å². The van der Waals surface area contributed by atoms with Crippen molar-refractivity contribution in [2.24, 2.45) is 0 Å². The molecule has 0 aliphatic rings. The van der Waals surface area contributed by atoms with Gasteiger partial charge in [0, 0.05) is 10.0 Å². The summed E-state index contributed by atoms with van der Waals surface area (Å²) in [4.78, 5) is 12.2. The van der Waals surface area contributed by atoms with Crippen LogP contribution in [0.2, 0.25) is 0 Å². The summed E-state index contributed by atoms with van der Waals surface area (Å²) in [7, 11) is 1.48. The molecule has 0 saturated carbocycles. The molecule has 0 aliphatic carbocycles. The smallest absolute Gasteiger partial charge is 0.185 e. The SMILES string of the molecule is CCOc1ccc(C(=O)/C=C/c2cc(O)c(OC)cc2Br)cc1. The second-order valence-corrected chi connectivity index (χ2v) is 5.55. The standard InChI is InChI=1S/C18H17BrO4/c1-3-23-14-7-4-12(5-8-14)16(20)9-6-13-10-17(21)18(22-2)11-15(13)19/h4-11,21H,3H2,1-2H3/b9-6+. The van der Waals surface area contributed by atoms with Crippen molar-refractivity contribution in [2.45, 2.75) is 6.92 Å². The molecule has 0 aromatic heterocycles. The average molecular weight is 377 g/mol. The monoisotopic (exact) mass is 376 g/mol. The highest BCUT2D eigenvalue weighted by atomic mass is 79.9. The number of methoxy groups -OCH3 is 1. The molecule has 120 valence electrons. The number of carbonyl (C=O) groups excluding carboxylic acids is 1. The van der Waals surface area contributed by atoms with E-state index < -0.39 is 0 Å². The number of rotatable bonds is 6. The van der Waals surface area contributed by atoms with Gasteiger partial charge in [0.1, 0.15) is 5.75 Å². The molecule has 4 nitrogen and oxygen atoms in total. The molecule has 0 unspecified atom stereocenters. The van der Waals surface area contributed by atoms with Crippen molar-refractivity contribution in [1.29, 1.82) is 0 Å². The highest BCUT2D eigenvalue weighted by Gasteiger charge is 2.07. The Balaban J connectivity index is 2.16. The number of hydrogen-bond donors (Lipinski definition) is 1. The number of phenolic OH excluding ortho intramolecular Hbond substituents is 1. The Labute approximate surface area is 143 Å². The van der Waals surface area contributed by atoms with Gasteiger partial charge < -0.3 is 14.6 Å². The molecule has 0 amide bonds. The topological polar surface area (TPSA) is 55.8 Å². The van der Waals surface area contributed by atoms with Crippen LogP contribution in [0.1, 0.15) is 22.8 Å². The fourth-order valence-corrected chi connectivity index (χ4v) is 2.45. The third kappa shape index (κ3) is 4.36. The van der Waals surface area contributed by atoms with Crippen LogP contribution >= 0.6 is 15.9 Å². The zero-order valence-electron chi connectivity index (χ0n) is 12.9. The van der Waals surface area contributed by atoms with Crippen LogP contribution in [0.4, 0.5) is 0 Å². The third-order valence-electron chi connectivity index (χ3n) is 3.16. The summed E-state index contributed by atoms with van der Waals surface area (Å²) in [5, 5.41) is 9.80. The lowest BCUT2D eigenvalue weighted by atomic mass is 10.1. The Bertz CT molecular complexity index is 721. The number of phenols is 1. The second-order valence-electron chi connectivity index (χ2n) is 4.70. The van der Waals surface area contributed by atoms with Crippen molar-refractivity contribution in [3.8, 4) is 17.2 Å². The van der Waals surface area contributed by atoms with Crippen molar-refractivity contribution in [2.75, 3.05) is 13.7 Å². The molecule has 5 heteroatoms. The van der Waals surface area contributed by atoms with Crippen LogP contribution in [-0.2, 0) is 0 Å². The lowest BCUT2D eigenvalue weighted by Crippen LogP contribution is -1.96. The molecule has 0 atom stereocenters. The van der Waals surface area contributed by atoms with Crippen LogP contribution in [0.3, 0.4) is 0 Å². The first-order valence-electron chi connectivity index (χ1n) is 7.07. The van der Waals surface area contributed by atoms with E-state index in [1.54, 1.807) is 36.4 Å². The highest BCUT2D eigenvalue weighted by molar-refractivity contribution is 9.10. The lowest BCUT2D eigenvalue weighted by Gasteiger charge is -2.06. The number of hydrogen-bond acceptors (Lipinski definition) is 4. The van der Waals surface area contributed by atoms with Gasteiger partial charge in [-0.25, -0.2) is 0 Å². The van der Waals surface area contributed by atoms with E-state index in [-0.39, 0.29) is 11.5 Å². The molecule has 1 N–H and O–H groups in total. The van der Waals surface area contributed by atoms with E-state index in [0.29, 0.717) is 23.5 Å². The fraction of sp³-hybridized carbons (Fsp3) is 0.167. The van der Waals surface area contributed by atoms with Gasteiger partial charge in [0.2, 0.25) is 0 Å². The average Bonchev–Trinajstić information content (AvgIpc) is 2.56. The van der Waals surface area contributed by atoms with Gasteiger partial charge in [-0.05, 0) is 61.0 Å². The number of carbonyl (C=O) groups is 1. The van der Waals surface area contributed by atoms with E-state index in [9.17, 15) is 9.90 Å². The maximum atomic E-state index is 12.2. The molecule has 0 fully saturated rings. The van der Waals surface area contributed by atoms with Crippen LogP contribution < -0.4 is 9.47 Å². The van der Waals surface area contributed by atoms with Gasteiger partial charge in [-0.3, -0.25) is 4.79 Å². The summed E-state index contributed by atoms with van der Waals surface area (Å²) < 4.78 is 11.1. The van der Waals surface area contributed by atoms with Gasteiger partial charge in [-0.1, -0.05) is 15.9 Å². The molecule has 0 heterocycles. The minimum Gasteiger partial charge on any atom is -0.504 e. The van der Waals surface area contributed by atoms with Crippen LogP contribution in [0.15, 0.2) is 46.9 Å². The first-order chi connectivity index (χ1) is 11.0. The molecule has 23 heavy (non-hydrogen) atoms. The number of allylic oxidation sites excluding steroid dienone is 1. The van der Waals surface area contributed by atoms with Gasteiger partial charge in [0.05, 0.1) is 13.7 Å². The van der Waals surface area contributed by atoms with Gasteiger partial charge >= 0.3 is 0 Å². The number of ketones is 1. The van der Waals surface area contributed by atoms with E-state index in [1.807, 2.05) is 6.92 Å². The molecule has 0 bridgehead atoms. The third-order valence-corrected chi connectivity index (χ3v) is 3.85. The number of halogens is 1. The van der Waals surface area contributed by atoms with Crippen molar-refractivity contribution in [3.63, 3.8) is 0 Å². The van der Waals surface area contributed by atoms with Crippen LogP contribution in [0, 0.1) is 0 Å². The number of benzene rings is 2. The zero-order chi connectivity index (χ0) is 16.8. The zero-order valence-corrected chi connectivity index (χ0v) is 14.5. The Morgan fingerprint density at radius 3 is 2.57 bits per heavy atom. The van der Waals surface area contributed by atoms with Gasteiger partial charge in [0.15, 0.2) is 17.3 Å². The van der Waals surface area contributed by atoms with E-state index in [2.05, 4.69) is 15.9 Å². The molecule has 0 radical (unpaired) electrons. The van der Waals surface area contributed by atoms with Crippen LogP contribution in [-0.4, -0.2) is 24.6 Å². The van der Waals surface area contributed by atoms with Gasteiger partial charge in [-0.2, -0.15) is 0 Å². The normalized spacial score (nSPS) is 10.7. The molecular formula is C18H17BrO4. The molecular weight excluding hydrogens is 360 g/mol. The molecule has 2 aromatic carbocycles. The quantitative estimate of drug-likeness (QED) is 0.597. The Kier molecular flexibility index (Phi) is 5.82. The Morgan fingerprint density at radius 2 is 1.96 bits per heavy atom. The van der Waals surface area contributed by atoms with Crippen molar-refractivity contribution in [1.82, 2.24) is 0 Å². The van der Waals surface area contributed by atoms with Crippen LogP contribution in [0.25, 0.3) is 6.08 Å². The maximum absolute atomic E-state index is 12.2. The maximum Gasteiger partial charge on any atom is 0.185 e. The molecule has 0 aliphatic heterocycles. The van der Waals surface area contributed by atoms with E-state index in [1.165, 1.54) is 19.3 Å². The number of aromatic hydroxyl groups is 1. The fourth-order valence-electron chi connectivity index (χ4n) is 1.99. The van der Waals surface area contributed by atoms with E-state index in [0.717, 1.165) is 10.2 Å². The summed E-state index contributed by atoms with van der Waals surface area (Å²) in [5.74, 6) is 0.988. The van der Waals surface area contributed by atoms with Crippen molar-refractivity contribution >= 4 is 27.8 Å². The van der Waals surface area contributed by atoms with Crippen LogP contribution in [0.5, 0.6) is 17.2 Å². The molecule has 0 spiro atoms. The summed E-state index contributed by atoms with van der Waals surface area (Å²) in [5.41, 5.74) is 1.25. The first-order valence-corrected chi connectivity index (χ1v) is 7.86. The van der Waals surface area contributed by atoms with Gasteiger partial charge in [-0.15, -0.1) is 0 Å². The molecule has 2 rings (SSSR count). The number of ether oxygens (including phenoxy) is 2. The predicted octanol–water partition coefficient (Wildman–Crippen LogP) is 4.46. The Morgan fingerprint density at radius 1 is 1.26 bits per heavy atom. The Hall–Kier alpha value is -2.27. The summed E-state index contributed by atoms with van der Waals surface area (Å²) in [6.45, 7) is 2.49. The predicted molar refractivity (Wildman–Crippen MR) is 93.3 cm³/mol. The molecule has 2 aromatic rings. The minimum absolute atomic E-state index is 0.0175. The van der Waals surface area contributed by atoms with Crippen molar-refractivity contribution < 1.29 is 19.4 Å². The molecule has 0 saturated heterocycles. The first kappa shape index (κ1) is 17.1. The summed E-state index contributed by atoms with van der Waals surface area (Å²) in [6, 6.07) is 10.1. The lowest BCUT2D eigenvalue weighted by molar-refractivity contribution is 0.104. The minimum atomic E-state index is -0.129. The van der Waals surface area contributed by atoms with E-state index in [4.69, 9.17) is 9.47 Å². The van der Waals surface area contributed by atoms with Gasteiger partial charge in [0.25, 0.3) is 0 Å². The summed E-state index contributed by atoms with van der Waals surface area (Å²) in [6.07, 6.45) is 3.10. The largest absolute Gasteiger partial charge is 0.504 e. The van der Waals surface area contributed by atoms with E-state index >= 15 is 0 Å². The second kappa shape index (κ2) is 7.83. The highest BCUT2D eigenvalue weighted by Crippen LogP contribution is 2.33. The summed E-state index contributed by atoms with van der Waals surface area (Å²) >= 11 is 3.39.